The fourth-order valence-electron chi connectivity index (χ4n) is 3.24. The van der Waals surface area contributed by atoms with Crippen LogP contribution in [0.4, 0.5) is 0 Å². The smallest absolute Gasteiger partial charge is 0.270 e. The molecule has 0 aliphatic carbocycles. The number of aromatic nitrogens is 1. The molecule has 0 radical (unpaired) electrons. The highest BCUT2D eigenvalue weighted by molar-refractivity contribution is 7.09. The maximum absolute atomic E-state index is 12.8. The average Bonchev–Trinajstić information content (AvgIpc) is 3.24. The largest absolute Gasteiger partial charge is 0.385 e. The summed E-state index contributed by atoms with van der Waals surface area (Å²) in [6.45, 7) is 5.09. The Morgan fingerprint density at radius 1 is 1.00 bits per heavy atom. The van der Waals surface area contributed by atoms with Crippen molar-refractivity contribution in [2.75, 3.05) is 40.5 Å². The number of amides is 2. The monoisotopic (exact) mass is 455 g/mol. The highest BCUT2D eigenvalue weighted by Gasteiger charge is 2.17. The number of rotatable bonds is 19. The molecule has 0 saturated heterocycles. The maximum atomic E-state index is 12.8. The Morgan fingerprint density at radius 3 is 2.39 bits per heavy atom. The van der Waals surface area contributed by atoms with Gasteiger partial charge in [0.05, 0.1) is 6.54 Å². The summed E-state index contributed by atoms with van der Waals surface area (Å²) >= 11 is 1.42. The Balaban J connectivity index is 2.49. The summed E-state index contributed by atoms with van der Waals surface area (Å²) in [7, 11) is 3.31. The summed E-state index contributed by atoms with van der Waals surface area (Å²) in [5.74, 6) is -0.0237. The van der Waals surface area contributed by atoms with Crippen molar-refractivity contribution in [3.8, 4) is 0 Å². The lowest BCUT2D eigenvalue weighted by Crippen LogP contribution is -2.32. The van der Waals surface area contributed by atoms with Crippen LogP contribution in [0.5, 0.6) is 0 Å². The lowest BCUT2D eigenvalue weighted by molar-refractivity contribution is -0.132. The molecule has 7 nitrogen and oxygen atoms in total. The molecule has 0 fully saturated rings. The first-order chi connectivity index (χ1) is 15.1. The van der Waals surface area contributed by atoms with Gasteiger partial charge in [-0.05, 0) is 19.3 Å². The van der Waals surface area contributed by atoms with E-state index in [4.69, 9.17) is 9.47 Å². The van der Waals surface area contributed by atoms with Gasteiger partial charge in [0.2, 0.25) is 5.91 Å². The summed E-state index contributed by atoms with van der Waals surface area (Å²) in [5, 5.41) is 5.39. The number of hydrogen-bond donors (Lipinski definition) is 1. The fourth-order valence-corrected chi connectivity index (χ4v) is 4.03. The van der Waals surface area contributed by atoms with Crippen molar-refractivity contribution in [1.82, 2.24) is 15.2 Å². The van der Waals surface area contributed by atoms with Crippen LogP contribution in [-0.4, -0.2) is 62.2 Å². The van der Waals surface area contributed by atoms with E-state index in [0.29, 0.717) is 45.0 Å². The quantitative estimate of drug-likeness (QED) is 0.312. The Kier molecular flexibility index (Phi) is 16.1. The summed E-state index contributed by atoms with van der Waals surface area (Å²) < 4.78 is 10.1. The molecule has 0 spiro atoms. The molecule has 2 amide bonds. The Labute approximate surface area is 191 Å². The number of nitrogens with one attached hydrogen (secondary N) is 1. The first-order valence-electron chi connectivity index (χ1n) is 11.6. The van der Waals surface area contributed by atoms with Crippen LogP contribution in [0.1, 0.15) is 86.6 Å². The van der Waals surface area contributed by atoms with E-state index in [1.54, 1.807) is 19.6 Å². The SMILES string of the molecule is CCCCCCCCCC(=O)N(CCCOC)Cc1nc(C(=O)NCCCOC)cs1. The fraction of sp³-hybridized carbons (Fsp3) is 0.783. The highest BCUT2D eigenvalue weighted by atomic mass is 32.1. The Morgan fingerprint density at radius 2 is 1.68 bits per heavy atom. The third-order valence-corrected chi connectivity index (χ3v) is 5.88. The Bertz CT molecular complexity index is 609. The molecule has 8 heteroatoms. The van der Waals surface area contributed by atoms with E-state index in [0.717, 1.165) is 30.7 Å². The second kappa shape index (κ2) is 18.1. The molecule has 0 aliphatic heterocycles. The second-order valence-corrected chi connectivity index (χ2v) is 8.70. The standard InChI is InChI=1S/C23H41N3O4S/c1-4-5-6-7-8-9-10-13-22(27)26(15-12-17-30-3)18-21-25-20(19-31-21)23(28)24-14-11-16-29-2/h19H,4-18H2,1-3H3,(H,24,28). The van der Waals surface area contributed by atoms with Crippen LogP contribution in [0.15, 0.2) is 5.38 Å². The number of nitrogens with zero attached hydrogens (tertiary/aromatic N) is 2. The summed E-state index contributed by atoms with van der Waals surface area (Å²) in [5.41, 5.74) is 0.411. The van der Waals surface area contributed by atoms with Gasteiger partial charge >= 0.3 is 0 Å². The minimum absolute atomic E-state index is 0.158. The second-order valence-electron chi connectivity index (χ2n) is 7.76. The third kappa shape index (κ3) is 12.8. The maximum Gasteiger partial charge on any atom is 0.270 e. The van der Waals surface area contributed by atoms with Gasteiger partial charge in [-0.25, -0.2) is 4.98 Å². The van der Waals surface area contributed by atoms with E-state index in [2.05, 4.69) is 17.2 Å². The van der Waals surface area contributed by atoms with Crippen LogP contribution in [-0.2, 0) is 20.8 Å². The molecule has 31 heavy (non-hydrogen) atoms. The molecule has 0 aromatic carbocycles. The number of methoxy groups -OCH3 is 2. The van der Waals surface area contributed by atoms with E-state index < -0.39 is 0 Å². The number of hydrogen-bond acceptors (Lipinski definition) is 6. The van der Waals surface area contributed by atoms with Crippen molar-refractivity contribution in [3.05, 3.63) is 16.1 Å². The minimum Gasteiger partial charge on any atom is -0.385 e. The van der Waals surface area contributed by atoms with Gasteiger partial charge in [-0.2, -0.15) is 0 Å². The zero-order chi connectivity index (χ0) is 22.7. The number of ether oxygens (including phenoxy) is 2. The van der Waals surface area contributed by atoms with Crippen molar-refractivity contribution < 1.29 is 19.1 Å². The van der Waals surface area contributed by atoms with Crippen LogP contribution in [0.3, 0.4) is 0 Å². The van der Waals surface area contributed by atoms with Crippen molar-refractivity contribution in [1.29, 1.82) is 0 Å². The van der Waals surface area contributed by atoms with Gasteiger partial charge in [-0.1, -0.05) is 45.4 Å². The van der Waals surface area contributed by atoms with Crippen molar-refractivity contribution in [3.63, 3.8) is 0 Å². The van der Waals surface area contributed by atoms with Gasteiger partial charge in [-0.3, -0.25) is 9.59 Å². The Hall–Kier alpha value is -1.51. The molecular formula is C23H41N3O4S. The number of carbonyl (C=O) groups excluding carboxylic acids is 2. The molecule has 0 saturated carbocycles. The van der Waals surface area contributed by atoms with Gasteiger partial charge in [-0.15, -0.1) is 11.3 Å². The first kappa shape index (κ1) is 27.5. The minimum atomic E-state index is -0.182. The van der Waals surface area contributed by atoms with Crippen molar-refractivity contribution >= 4 is 23.2 Å². The topological polar surface area (TPSA) is 80.8 Å². The summed E-state index contributed by atoms with van der Waals surface area (Å²) in [6.07, 6.45) is 10.5. The van der Waals surface area contributed by atoms with Crippen LogP contribution in [0.2, 0.25) is 0 Å². The van der Waals surface area contributed by atoms with E-state index in [1.807, 2.05) is 4.90 Å². The summed E-state index contributed by atoms with van der Waals surface area (Å²) in [6, 6.07) is 0. The van der Waals surface area contributed by atoms with Gasteiger partial charge in [0.1, 0.15) is 10.7 Å². The lowest BCUT2D eigenvalue weighted by Gasteiger charge is -2.21. The van der Waals surface area contributed by atoms with Crippen molar-refractivity contribution in [2.45, 2.75) is 77.7 Å². The zero-order valence-corrected chi connectivity index (χ0v) is 20.4. The van der Waals surface area contributed by atoms with E-state index in [-0.39, 0.29) is 11.8 Å². The molecular weight excluding hydrogens is 414 g/mol. The van der Waals surface area contributed by atoms with Gasteiger partial charge < -0.3 is 19.7 Å². The van der Waals surface area contributed by atoms with Gasteiger partial charge in [0, 0.05) is 52.3 Å². The highest BCUT2D eigenvalue weighted by Crippen LogP contribution is 2.15. The summed E-state index contributed by atoms with van der Waals surface area (Å²) in [4.78, 5) is 31.3. The first-order valence-corrected chi connectivity index (χ1v) is 12.5. The van der Waals surface area contributed by atoms with E-state index >= 15 is 0 Å². The molecule has 1 N–H and O–H groups in total. The molecule has 1 aromatic heterocycles. The average molecular weight is 456 g/mol. The number of unbranched alkanes of at least 4 members (excludes halogenated alkanes) is 6. The van der Waals surface area contributed by atoms with Crippen LogP contribution in [0, 0.1) is 0 Å². The van der Waals surface area contributed by atoms with Crippen molar-refractivity contribution in [2.24, 2.45) is 0 Å². The van der Waals surface area contributed by atoms with Gasteiger partial charge in [0.25, 0.3) is 5.91 Å². The normalized spacial score (nSPS) is 10.9. The predicted octanol–water partition coefficient (Wildman–Crippen LogP) is 4.42. The third-order valence-electron chi connectivity index (χ3n) is 5.04. The number of carbonyl (C=O) groups is 2. The van der Waals surface area contributed by atoms with E-state index in [1.165, 1.54) is 43.4 Å². The van der Waals surface area contributed by atoms with Gasteiger partial charge in [0.15, 0.2) is 0 Å². The lowest BCUT2D eigenvalue weighted by atomic mass is 10.1. The predicted molar refractivity (Wildman–Crippen MR) is 125 cm³/mol. The van der Waals surface area contributed by atoms with E-state index in [9.17, 15) is 9.59 Å². The number of thiazole rings is 1. The molecule has 178 valence electrons. The molecule has 1 rings (SSSR count). The van der Waals surface area contributed by atoms with Crippen LogP contribution < -0.4 is 5.32 Å². The molecule has 0 bridgehead atoms. The molecule has 0 aliphatic rings. The van der Waals surface area contributed by atoms with Crippen LogP contribution in [0.25, 0.3) is 0 Å². The molecule has 1 aromatic rings. The van der Waals surface area contributed by atoms with Crippen LogP contribution >= 0.6 is 11.3 Å². The molecule has 1 heterocycles. The molecule has 0 atom stereocenters. The zero-order valence-electron chi connectivity index (χ0n) is 19.6. The molecule has 0 unspecified atom stereocenters.